The summed E-state index contributed by atoms with van der Waals surface area (Å²) in [7, 11) is 0. The first-order valence-corrected chi connectivity index (χ1v) is 7.04. The number of hydrogen-bond donors (Lipinski definition) is 1. The van der Waals surface area contributed by atoms with Crippen molar-refractivity contribution < 1.29 is 5.11 Å². The molecule has 1 aromatic rings. The molecule has 1 aromatic carbocycles. The van der Waals surface area contributed by atoms with E-state index >= 15 is 0 Å². The molecule has 2 rings (SSSR count). The van der Waals surface area contributed by atoms with Gasteiger partial charge in [0.15, 0.2) is 0 Å². The van der Waals surface area contributed by atoms with Crippen molar-refractivity contribution in [1.82, 2.24) is 4.90 Å². The average Bonchev–Trinajstić information content (AvgIpc) is 2.32. The SMILES string of the molecule is Cc1ccc(C(O)CN2CCC(C)CC2)c(C)c1. The van der Waals surface area contributed by atoms with E-state index in [1.165, 1.54) is 24.0 Å². The third-order valence-electron chi connectivity index (χ3n) is 4.09. The van der Waals surface area contributed by atoms with Gasteiger partial charge in [-0.2, -0.15) is 0 Å². The molecule has 1 aliphatic rings. The molecule has 1 aliphatic heterocycles. The minimum Gasteiger partial charge on any atom is -0.387 e. The maximum atomic E-state index is 10.4. The average molecular weight is 247 g/mol. The van der Waals surface area contributed by atoms with Gasteiger partial charge in [0.2, 0.25) is 0 Å². The van der Waals surface area contributed by atoms with E-state index < -0.39 is 0 Å². The molecular weight excluding hydrogens is 222 g/mol. The van der Waals surface area contributed by atoms with Gasteiger partial charge in [0, 0.05) is 6.54 Å². The molecule has 1 atom stereocenters. The Morgan fingerprint density at radius 1 is 1.28 bits per heavy atom. The van der Waals surface area contributed by atoms with Gasteiger partial charge in [-0.25, -0.2) is 0 Å². The monoisotopic (exact) mass is 247 g/mol. The van der Waals surface area contributed by atoms with E-state index in [1.54, 1.807) is 0 Å². The molecule has 1 fully saturated rings. The number of aliphatic hydroxyl groups excluding tert-OH is 1. The summed E-state index contributed by atoms with van der Waals surface area (Å²) in [5.41, 5.74) is 3.54. The van der Waals surface area contributed by atoms with Crippen molar-refractivity contribution in [3.05, 3.63) is 34.9 Å². The highest BCUT2D eigenvalue weighted by atomic mass is 16.3. The summed E-state index contributed by atoms with van der Waals surface area (Å²) < 4.78 is 0. The Labute approximate surface area is 111 Å². The number of piperidine rings is 1. The minimum atomic E-state index is -0.348. The topological polar surface area (TPSA) is 23.5 Å². The van der Waals surface area contributed by atoms with Gasteiger partial charge in [0.1, 0.15) is 0 Å². The van der Waals surface area contributed by atoms with E-state index in [-0.39, 0.29) is 6.10 Å². The molecule has 0 saturated carbocycles. The van der Waals surface area contributed by atoms with Crippen LogP contribution in [0.15, 0.2) is 18.2 Å². The normalized spacial score (nSPS) is 20.0. The third kappa shape index (κ3) is 3.33. The third-order valence-corrected chi connectivity index (χ3v) is 4.09. The van der Waals surface area contributed by atoms with Crippen LogP contribution in [0.3, 0.4) is 0 Å². The second-order valence-electron chi connectivity index (χ2n) is 5.86. The number of aryl methyl sites for hydroxylation is 2. The van der Waals surface area contributed by atoms with Gasteiger partial charge in [0.05, 0.1) is 6.10 Å². The molecule has 2 nitrogen and oxygen atoms in total. The Balaban J connectivity index is 1.97. The smallest absolute Gasteiger partial charge is 0.0919 e. The van der Waals surface area contributed by atoms with Crippen molar-refractivity contribution in [1.29, 1.82) is 0 Å². The fourth-order valence-corrected chi connectivity index (χ4v) is 2.79. The number of β-amino-alcohol motifs (C(OH)–C–C–N with tert-alkyl or cyclic N) is 1. The molecule has 18 heavy (non-hydrogen) atoms. The molecule has 1 heterocycles. The van der Waals surface area contributed by atoms with Gasteiger partial charge < -0.3 is 10.0 Å². The van der Waals surface area contributed by atoms with Gasteiger partial charge in [-0.05, 0) is 56.8 Å². The number of benzene rings is 1. The van der Waals surface area contributed by atoms with E-state index in [0.29, 0.717) is 0 Å². The van der Waals surface area contributed by atoms with Crippen LogP contribution < -0.4 is 0 Å². The lowest BCUT2D eigenvalue weighted by Crippen LogP contribution is -2.36. The van der Waals surface area contributed by atoms with Crippen molar-refractivity contribution in [3.63, 3.8) is 0 Å². The molecule has 0 bridgehead atoms. The lowest BCUT2D eigenvalue weighted by atomic mass is 9.97. The van der Waals surface area contributed by atoms with Crippen LogP contribution >= 0.6 is 0 Å². The van der Waals surface area contributed by atoms with E-state index in [9.17, 15) is 5.11 Å². The van der Waals surface area contributed by atoms with E-state index in [4.69, 9.17) is 0 Å². The summed E-state index contributed by atoms with van der Waals surface area (Å²) in [5.74, 6) is 0.847. The van der Waals surface area contributed by atoms with Crippen LogP contribution in [0.2, 0.25) is 0 Å². The van der Waals surface area contributed by atoms with E-state index in [2.05, 4.69) is 43.9 Å². The molecule has 2 heteroatoms. The van der Waals surface area contributed by atoms with Gasteiger partial charge in [-0.1, -0.05) is 30.7 Å². The summed E-state index contributed by atoms with van der Waals surface area (Å²) in [6, 6.07) is 6.31. The zero-order valence-electron chi connectivity index (χ0n) is 11.8. The Bertz CT molecular complexity index is 394. The van der Waals surface area contributed by atoms with Crippen LogP contribution in [-0.2, 0) is 0 Å². The second-order valence-corrected chi connectivity index (χ2v) is 5.86. The molecule has 1 unspecified atom stereocenters. The largest absolute Gasteiger partial charge is 0.387 e. The minimum absolute atomic E-state index is 0.348. The highest BCUT2D eigenvalue weighted by molar-refractivity contribution is 5.32. The van der Waals surface area contributed by atoms with E-state index in [0.717, 1.165) is 31.1 Å². The summed E-state index contributed by atoms with van der Waals surface area (Å²) in [4.78, 5) is 2.39. The molecule has 0 aliphatic carbocycles. The Hall–Kier alpha value is -0.860. The molecule has 1 saturated heterocycles. The van der Waals surface area contributed by atoms with Gasteiger partial charge in [0.25, 0.3) is 0 Å². The molecule has 1 N–H and O–H groups in total. The van der Waals surface area contributed by atoms with E-state index in [1.807, 2.05) is 0 Å². The fraction of sp³-hybridized carbons (Fsp3) is 0.625. The number of rotatable bonds is 3. The maximum absolute atomic E-state index is 10.4. The zero-order valence-corrected chi connectivity index (χ0v) is 11.8. The van der Waals surface area contributed by atoms with Gasteiger partial charge in [-0.3, -0.25) is 0 Å². The Morgan fingerprint density at radius 3 is 2.56 bits per heavy atom. The summed E-state index contributed by atoms with van der Waals surface area (Å²) in [5, 5.41) is 10.4. The number of nitrogens with zero attached hydrogens (tertiary/aromatic N) is 1. The molecule has 0 aromatic heterocycles. The number of aliphatic hydroxyl groups is 1. The molecular formula is C16H25NO. The Morgan fingerprint density at radius 2 is 1.94 bits per heavy atom. The van der Waals surface area contributed by atoms with Crippen molar-refractivity contribution in [3.8, 4) is 0 Å². The predicted molar refractivity (Wildman–Crippen MR) is 75.7 cm³/mol. The first-order valence-electron chi connectivity index (χ1n) is 7.04. The first kappa shape index (κ1) is 13.6. The molecule has 0 radical (unpaired) electrons. The maximum Gasteiger partial charge on any atom is 0.0919 e. The molecule has 100 valence electrons. The predicted octanol–water partition coefficient (Wildman–Crippen LogP) is 3.07. The molecule has 0 spiro atoms. The highest BCUT2D eigenvalue weighted by Crippen LogP contribution is 2.22. The summed E-state index contributed by atoms with van der Waals surface area (Å²) in [6.45, 7) is 9.53. The quantitative estimate of drug-likeness (QED) is 0.887. The van der Waals surface area contributed by atoms with Crippen molar-refractivity contribution >= 4 is 0 Å². The summed E-state index contributed by atoms with van der Waals surface area (Å²) >= 11 is 0. The van der Waals surface area contributed by atoms with Crippen molar-refractivity contribution in [2.45, 2.75) is 39.7 Å². The zero-order chi connectivity index (χ0) is 13.1. The van der Waals surface area contributed by atoms with Crippen LogP contribution in [0.4, 0.5) is 0 Å². The van der Waals surface area contributed by atoms with Crippen LogP contribution in [0.1, 0.15) is 42.6 Å². The lowest BCUT2D eigenvalue weighted by molar-refractivity contribution is 0.0912. The first-order chi connectivity index (χ1) is 8.56. The summed E-state index contributed by atoms with van der Waals surface area (Å²) in [6.07, 6.45) is 2.18. The van der Waals surface area contributed by atoms with Gasteiger partial charge >= 0.3 is 0 Å². The van der Waals surface area contributed by atoms with Crippen LogP contribution in [0, 0.1) is 19.8 Å². The lowest BCUT2D eigenvalue weighted by Gasteiger charge is -2.32. The molecule has 0 amide bonds. The van der Waals surface area contributed by atoms with Crippen LogP contribution in [0.5, 0.6) is 0 Å². The van der Waals surface area contributed by atoms with Gasteiger partial charge in [-0.15, -0.1) is 0 Å². The highest BCUT2D eigenvalue weighted by Gasteiger charge is 2.19. The van der Waals surface area contributed by atoms with Crippen molar-refractivity contribution in [2.24, 2.45) is 5.92 Å². The van der Waals surface area contributed by atoms with Crippen molar-refractivity contribution in [2.75, 3.05) is 19.6 Å². The number of likely N-dealkylation sites (tertiary alicyclic amines) is 1. The number of hydrogen-bond acceptors (Lipinski definition) is 2. The van der Waals surface area contributed by atoms with Crippen LogP contribution in [0.25, 0.3) is 0 Å². The second kappa shape index (κ2) is 5.85. The Kier molecular flexibility index (Phi) is 4.41. The fourth-order valence-electron chi connectivity index (χ4n) is 2.79. The standard InChI is InChI=1S/C16H25NO/c1-12-6-8-17(9-7-12)11-16(18)15-5-4-13(2)10-14(15)3/h4-5,10,12,16,18H,6-9,11H2,1-3H3. The van der Waals surface area contributed by atoms with Crippen LogP contribution in [-0.4, -0.2) is 29.6 Å².